The molecule has 1 aromatic heterocycles. The van der Waals surface area contributed by atoms with Gasteiger partial charge in [0.2, 0.25) is 0 Å². The molecule has 88 valence electrons. The van der Waals surface area contributed by atoms with Crippen molar-refractivity contribution >= 4 is 11.9 Å². The van der Waals surface area contributed by atoms with E-state index in [2.05, 4.69) is 4.98 Å². The Labute approximate surface area is 99.0 Å². The van der Waals surface area contributed by atoms with Crippen molar-refractivity contribution in [1.82, 2.24) is 9.88 Å². The molecule has 0 spiro atoms. The zero-order valence-electron chi connectivity index (χ0n) is 9.94. The van der Waals surface area contributed by atoms with E-state index in [9.17, 15) is 9.59 Å². The highest BCUT2D eigenvalue weighted by atomic mass is 16.1. The molecule has 0 aromatic carbocycles. The molecule has 0 aliphatic carbocycles. The molecule has 1 heterocycles. The first-order chi connectivity index (χ1) is 7.97. The minimum absolute atomic E-state index is 0.0456. The van der Waals surface area contributed by atoms with Crippen molar-refractivity contribution in [3.63, 3.8) is 0 Å². The Morgan fingerprint density at radius 1 is 1.53 bits per heavy atom. The SMILES string of the molecule is CC(=O)c1c[nH]c(=O)c(C#N)c1C=CN(C)C. The Morgan fingerprint density at radius 2 is 2.18 bits per heavy atom. The van der Waals surface area contributed by atoms with Crippen molar-refractivity contribution < 1.29 is 4.79 Å². The van der Waals surface area contributed by atoms with Crippen LogP contribution in [0.25, 0.3) is 6.08 Å². The van der Waals surface area contributed by atoms with Gasteiger partial charge in [-0.2, -0.15) is 5.26 Å². The van der Waals surface area contributed by atoms with E-state index in [0.717, 1.165) is 0 Å². The van der Waals surface area contributed by atoms with Gasteiger partial charge in [0, 0.05) is 31.4 Å². The van der Waals surface area contributed by atoms with Crippen molar-refractivity contribution in [3.05, 3.63) is 39.4 Å². The Bertz CT molecular complexity index is 562. The third-order valence-electron chi connectivity index (χ3n) is 2.16. The second-order valence-electron chi connectivity index (χ2n) is 3.77. The van der Waals surface area contributed by atoms with Crippen molar-refractivity contribution in [2.45, 2.75) is 6.92 Å². The fourth-order valence-electron chi connectivity index (χ4n) is 1.34. The molecule has 1 rings (SSSR count). The molecule has 0 aliphatic heterocycles. The number of aromatic amines is 1. The third-order valence-corrected chi connectivity index (χ3v) is 2.16. The van der Waals surface area contributed by atoms with E-state index >= 15 is 0 Å². The average molecular weight is 231 g/mol. The van der Waals surface area contributed by atoms with Gasteiger partial charge in [0.05, 0.1) is 0 Å². The summed E-state index contributed by atoms with van der Waals surface area (Å²) in [4.78, 5) is 27.0. The molecule has 0 amide bonds. The lowest BCUT2D eigenvalue weighted by atomic mass is 10.0. The van der Waals surface area contributed by atoms with E-state index in [-0.39, 0.29) is 11.3 Å². The lowest BCUT2D eigenvalue weighted by Crippen LogP contribution is -2.15. The number of nitriles is 1. The molecule has 1 N–H and O–H groups in total. The number of rotatable bonds is 3. The summed E-state index contributed by atoms with van der Waals surface area (Å²) in [5.74, 6) is -0.198. The van der Waals surface area contributed by atoms with Crippen LogP contribution in [0, 0.1) is 11.3 Å². The zero-order chi connectivity index (χ0) is 13.0. The molecular formula is C12H13N3O2. The minimum Gasteiger partial charge on any atom is -0.383 e. The second-order valence-corrected chi connectivity index (χ2v) is 3.77. The monoisotopic (exact) mass is 231 g/mol. The molecule has 17 heavy (non-hydrogen) atoms. The van der Waals surface area contributed by atoms with Gasteiger partial charge in [-0.15, -0.1) is 0 Å². The van der Waals surface area contributed by atoms with E-state index in [1.807, 2.05) is 20.2 Å². The number of nitrogens with zero attached hydrogens (tertiary/aromatic N) is 2. The van der Waals surface area contributed by atoms with Gasteiger partial charge in [-0.25, -0.2) is 0 Å². The highest BCUT2D eigenvalue weighted by Gasteiger charge is 2.12. The predicted molar refractivity (Wildman–Crippen MR) is 64.5 cm³/mol. The van der Waals surface area contributed by atoms with Crippen LogP contribution in [0.4, 0.5) is 0 Å². The van der Waals surface area contributed by atoms with E-state index in [1.165, 1.54) is 13.1 Å². The number of carbonyl (C=O) groups is 1. The normalized spacial score (nSPS) is 10.2. The van der Waals surface area contributed by atoms with Crippen molar-refractivity contribution in [2.75, 3.05) is 14.1 Å². The van der Waals surface area contributed by atoms with Crippen LogP contribution in [0.1, 0.15) is 28.4 Å². The maximum Gasteiger partial charge on any atom is 0.266 e. The maximum absolute atomic E-state index is 11.5. The summed E-state index contributed by atoms with van der Waals surface area (Å²) in [7, 11) is 3.62. The summed E-state index contributed by atoms with van der Waals surface area (Å²) in [6, 6.07) is 1.82. The van der Waals surface area contributed by atoms with E-state index in [1.54, 1.807) is 17.2 Å². The van der Waals surface area contributed by atoms with Crippen LogP contribution in [-0.2, 0) is 0 Å². The highest BCUT2D eigenvalue weighted by molar-refractivity contribution is 5.98. The molecule has 0 atom stereocenters. The second kappa shape index (κ2) is 5.12. The number of pyridine rings is 1. The summed E-state index contributed by atoms with van der Waals surface area (Å²) >= 11 is 0. The van der Waals surface area contributed by atoms with Crippen molar-refractivity contribution in [3.8, 4) is 6.07 Å². The molecule has 0 saturated carbocycles. The largest absolute Gasteiger partial charge is 0.383 e. The topological polar surface area (TPSA) is 77.0 Å². The van der Waals surface area contributed by atoms with Crippen LogP contribution < -0.4 is 5.56 Å². The van der Waals surface area contributed by atoms with Gasteiger partial charge in [0.25, 0.3) is 5.56 Å². The molecular weight excluding hydrogens is 218 g/mol. The summed E-state index contributed by atoms with van der Waals surface area (Å²) in [6.45, 7) is 1.39. The predicted octanol–water partition coefficient (Wildman–Crippen LogP) is 0.981. The summed E-state index contributed by atoms with van der Waals surface area (Å²) in [6.07, 6.45) is 4.60. The Morgan fingerprint density at radius 3 is 2.65 bits per heavy atom. The van der Waals surface area contributed by atoms with Crippen molar-refractivity contribution in [1.29, 1.82) is 5.26 Å². The lowest BCUT2D eigenvalue weighted by molar-refractivity contribution is 0.101. The van der Waals surface area contributed by atoms with Crippen LogP contribution >= 0.6 is 0 Å². The fraction of sp³-hybridized carbons (Fsp3) is 0.250. The van der Waals surface area contributed by atoms with Crippen molar-refractivity contribution in [2.24, 2.45) is 0 Å². The van der Waals surface area contributed by atoms with E-state index in [0.29, 0.717) is 11.1 Å². The molecule has 5 heteroatoms. The Hall–Kier alpha value is -2.35. The van der Waals surface area contributed by atoms with Gasteiger partial charge < -0.3 is 9.88 Å². The minimum atomic E-state index is -0.490. The third kappa shape index (κ3) is 2.82. The number of hydrogen-bond acceptors (Lipinski definition) is 4. The maximum atomic E-state index is 11.5. The molecule has 0 aliphatic rings. The molecule has 0 saturated heterocycles. The van der Waals surface area contributed by atoms with Gasteiger partial charge in [0.1, 0.15) is 11.6 Å². The number of hydrogen-bond donors (Lipinski definition) is 1. The number of nitrogens with one attached hydrogen (secondary N) is 1. The van der Waals surface area contributed by atoms with Crippen LogP contribution in [0.2, 0.25) is 0 Å². The van der Waals surface area contributed by atoms with Gasteiger partial charge in [-0.3, -0.25) is 9.59 Å². The summed E-state index contributed by atoms with van der Waals surface area (Å²) in [5, 5.41) is 8.94. The smallest absolute Gasteiger partial charge is 0.266 e. The molecule has 1 aromatic rings. The molecule has 0 unspecified atom stereocenters. The first-order valence-electron chi connectivity index (χ1n) is 4.98. The van der Waals surface area contributed by atoms with Gasteiger partial charge in [-0.1, -0.05) is 0 Å². The fourth-order valence-corrected chi connectivity index (χ4v) is 1.34. The Balaban J connectivity index is 3.51. The lowest BCUT2D eigenvalue weighted by Gasteiger charge is -2.06. The standard InChI is InChI=1S/C12H13N3O2/c1-8(16)11-7-14-12(17)10(6-13)9(11)4-5-15(2)3/h4-5,7H,1-3H3,(H,14,17). The number of ketones is 1. The van der Waals surface area contributed by atoms with Crippen LogP contribution in [0.15, 0.2) is 17.2 Å². The first kappa shape index (κ1) is 12.7. The summed E-state index contributed by atoms with van der Waals surface area (Å²) < 4.78 is 0. The van der Waals surface area contributed by atoms with Crippen LogP contribution in [0.3, 0.4) is 0 Å². The average Bonchev–Trinajstić information content (AvgIpc) is 2.25. The number of Topliss-reactive ketones (excluding diaryl/α,β-unsaturated/α-hetero) is 1. The highest BCUT2D eigenvalue weighted by Crippen LogP contribution is 2.13. The molecule has 0 bridgehead atoms. The van der Waals surface area contributed by atoms with E-state index in [4.69, 9.17) is 5.26 Å². The first-order valence-corrected chi connectivity index (χ1v) is 4.98. The van der Waals surface area contributed by atoms with Gasteiger partial charge >= 0.3 is 0 Å². The number of carbonyl (C=O) groups excluding carboxylic acids is 1. The van der Waals surface area contributed by atoms with Crippen LogP contribution in [0.5, 0.6) is 0 Å². The Kier molecular flexibility index (Phi) is 3.83. The number of aromatic nitrogens is 1. The van der Waals surface area contributed by atoms with Gasteiger partial charge in [0.15, 0.2) is 5.78 Å². The van der Waals surface area contributed by atoms with Crippen LogP contribution in [-0.4, -0.2) is 29.8 Å². The molecule has 5 nitrogen and oxygen atoms in total. The molecule has 0 fully saturated rings. The zero-order valence-corrected chi connectivity index (χ0v) is 9.94. The molecule has 0 radical (unpaired) electrons. The number of H-pyrrole nitrogens is 1. The van der Waals surface area contributed by atoms with Gasteiger partial charge in [-0.05, 0) is 19.2 Å². The summed E-state index contributed by atoms with van der Waals surface area (Å²) in [5.41, 5.74) is 0.156. The quantitative estimate of drug-likeness (QED) is 0.787. The van der Waals surface area contributed by atoms with E-state index < -0.39 is 5.56 Å².